The largest absolute Gasteiger partial charge is 0.489 e. The molecule has 0 unspecified atom stereocenters. The zero-order valence-corrected chi connectivity index (χ0v) is 11.0. The third-order valence-corrected chi connectivity index (χ3v) is 2.88. The fourth-order valence-corrected chi connectivity index (χ4v) is 1.84. The number of nitrogens with two attached hydrogens (primary N) is 1. The van der Waals surface area contributed by atoms with Crippen LogP contribution in [0.2, 0.25) is 0 Å². The minimum absolute atomic E-state index is 0.0821. The molecule has 2 N–H and O–H groups in total. The smallest absolute Gasteiger partial charge is 0.269 e. The van der Waals surface area contributed by atoms with Crippen LogP contribution in [0, 0.1) is 10.1 Å². The van der Waals surface area contributed by atoms with Crippen LogP contribution in [0.5, 0.6) is 5.75 Å². The lowest BCUT2D eigenvalue weighted by Crippen LogP contribution is -2.03. The third-order valence-electron chi connectivity index (χ3n) is 2.88. The number of benzene rings is 2. The van der Waals surface area contributed by atoms with Gasteiger partial charge in [-0.2, -0.15) is 0 Å². The molecule has 0 bridgehead atoms. The van der Waals surface area contributed by atoms with E-state index in [0.717, 1.165) is 23.3 Å². The van der Waals surface area contributed by atoms with Gasteiger partial charge in [-0.1, -0.05) is 12.1 Å². The van der Waals surface area contributed by atoms with Crippen molar-refractivity contribution >= 4 is 5.69 Å². The van der Waals surface area contributed by atoms with Crippen molar-refractivity contribution < 1.29 is 9.66 Å². The number of non-ortho nitro benzene ring substituents is 1. The molecule has 5 heteroatoms. The highest BCUT2D eigenvalue weighted by molar-refractivity contribution is 5.33. The Morgan fingerprint density at radius 2 is 1.85 bits per heavy atom. The summed E-state index contributed by atoms with van der Waals surface area (Å²) in [4.78, 5) is 10.1. The van der Waals surface area contributed by atoms with Gasteiger partial charge in [0.2, 0.25) is 0 Å². The van der Waals surface area contributed by atoms with Crippen molar-refractivity contribution in [1.82, 2.24) is 0 Å². The van der Waals surface area contributed by atoms with E-state index in [-0.39, 0.29) is 5.69 Å². The summed E-state index contributed by atoms with van der Waals surface area (Å²) < 4.78 is 5.67. The van der Waals surface area contributed by atoms with Crippen LogP contribution in [0.1, 0.15) is 11.1 Å². The summed E-state index contributed by atoms with van der Waals surface area (Å²) in [5.41, 5.74) is 7.62. The lowest BCUT2D eigenvalue weighted by molar-refractivity contribution is -0.384. The molecule has 0 aliphatic carbocycles. The summed E-state index contributed by atoms with van der Waals surface area (Å²) >= 11 is 0. The van der Waals surface area contributed by atoms with Crippen LogP contribution in [-0.4, -0.2) is 11.5 Å². The first-order chi connectivity index (χ1) is 9.69. The minimum atomic E-state index is -0.416. The highest BCUT2D eigenvalue weighted by Gasteiger charge is 2.04. The van der Waals surface area contributed by atoms with Gasteiger partial charge in [-0.25, -0.2) is 0 Å². The lowest BCUT2D eigenvalue weighted by atomic mass is 10.1. The zero-order chi connectivity index (χ0) is 14.4. The summed E-state index contributed by atoms with van der Waals surface area (Å²) in [5.74, 6) is 0.773. The van der Waals surface area contributed by atoms with E-state index < -0.39 is 4.92 Å². The first kappa shape index (κ1) is 14.0. The molecule has 0 radical (unpaired) electrons. The zero-order valence-electron chi connectivity index (χ0n) is 11.0. The molecular formula is C15H16N2O3. The quantitative estimate of drug-likeness (QED) is 0.647. The molecule has 0 amide bonds. The van der Waals surface area contributed by atoms with Crippen molar-refractivity contribution in [2.75, 3.05) is 6.54 Å². The molecule has 0 aliphatic rings. The average molecular weight is 272 g/mol. The van der Waals surface area contributed by atoms with Gasteiger partial charge >= 0.3 is 0 Å². The van der Waals surface area contributed by atoms with Gasteiger partial charge in [0.25, 0.3) is 5.69 Å². The molecule has 2 aromatic rings. The van der Waals surface area contributed by atoms with Crippen molar-refractivity contribution in [3.63, 3.8) is 0 Å². The molecule has 0 atom stereocenters. The maximum absolute atomic E-state index is 10.6. The molecule has 0 fully saturated rings. The van der Waals surface area contributed by atoms with Gasteiger partial charge in [-0.3, -0.25) is 10.1 Å². The molecule has 0 saturated carbocycles. The van der Waals surface area contributed by atoms with Crippen molar-refractivity contribution in [3.8, 4) is 5.75 Å². The van der Waals surface area contributed by atoms with E-state index in [9.17, 15) is 10.1 Å². The van der Waals surface area contributed by atoms with Gasteiger partial charge in [0.05, 0.1) is 4.92 Å². The molecule has 0 aromatic heterocycles. The van der Waals surface area contributed by atoms with Gasteiger partial charge in [0, 0.05) is 12.1 Å². The third kappa shape index (κ3) is 3.80. The normalized spacial score (nSPS) is 10.2. The van der Waals surface area contributed by atoms with Crippen LogP contribution in [-0.2, 0) is 13.0 Å². The second-order valence-electron chi connectivity index (χ2n) is 4.40. The maximum atomic E-state index is 10.6. The summed E-state index contributed by atoms with van der Waals surface area (Å²) in [5, 5.41) is 10.6. The first-order valence-electron chi connectivity index (χ1n) is 6.34. The number of nitrogens with zero attached hydrogens (tertiary/aromatic N) is 1. The van der Waals surface area contributed by atoms with E-state index >= 15 is 0 Å². The minimum Gasteiger partial charge on any atom is -0.489 e. The van der Waals surface area contributed by atoms with Crippen molar-refractivity contribution in [2.45, 2.75) is 13.0 Å². The van der Waals surface area contributed by atoms with Crippen LogP contribution in [0.3, 0.4) is 0 Å². The Labute approximate surface area is 117 Å². The SMILES string of the molecule is NCCc1cccc(OCc2ccc([N+](=O)[O-])cc2)c1. The molecule has 20 heavy (non-hydrogen) atoms. The first-order valence-corrected chi connectivity index (χ1v) is 6.34. The van der Waals surface area contributed by atoms with Gasteiger partial charge in [0.1, 0.15) is 12.4 Å². The van der Waals surface area contributed by atoms with E-state index in [0.29, 0.717) is 13.2 Å². The Bertz CT molecular complexity index is 582. The number of hydrogen-bond donors (Lipinski definition) is 1. The van der Waals surface area contributed by atoms with E-state index in [1.165, 1.54) is 12.1 Å². The Balaban J connectivity index is 1.97. The number of hydrogen-bond acceptors (Lipinski definition) is 4. The van der Waals surface area contributed by atoms with Gasteiger partial charge in [-0.15, -0.1) is 0 Å². The van der Waals surface area contributed by atoms with Gasteiger partial charge in [-0.05, 0) is 48.4 Å². The fourth-order valence-electron chi connectivity index (χ4n) is 1.84. The second kappa shape index (κ2) is 6.68. The number of nitro benzene ring substituents is 1. The Kier molecular flexibility index (Phi) is 4.68. The Morgan fingerprint density at radius 1 is 1.10 bits per heavy atom. The molecule has 0 heterocycles. The Morgan fingerprint density at radius 3 is 2.50 bits per heavy atom. The molecule has 2 aromatic carbocycles. The van der Waals surface area contributed by atoms with E-state index in [2.05, 4.69) is 0 Å². The predicted octanol–water partition coefficient (Wildman–Crippen LogP) is 2.68. The van der Waals surface area contributed by atoms with E-state index in [1.54, 1.807) is 12.1 Å². The number of ether oxygens (including phenoxy) is 1. The molecular weight excluding hydrogens is 256 g/mol. The predicted molar refractivity (Wildman–Crippen MR) is 76.6 cm³/mol. The molecule has 0 aliphatic heterocycles. The topological polar surface area (TPSA) is 78.4 Å². The Hall–Kier alpha value is -2.40. The number of rotatable bonds is 6. The fraction of sp³-hybridized carbons (Fsp3) is 0.200. The van der Waals surface area contributed by atoms with Gasteiger partial charge < -0.3 is 10.5 Å². The van der Waals surface area contributed by atoms with Crippen molar-refractivity contribution in [1.29, 1.82) is 0 Å². The monoisotopic (exact) mass is 272 g/mol. The maximum Gasteiger partial charge on any atom is 0.269 e. The summed E-state index contributed by atoms with van der Waals surface area (Å²) in [6.45, 7) is 0.982. The van der Waals surface area contributed by atoms with E-state index in [1.807, 2.05) is 24.3 Å². The second-order valence-corrected chi connectivity index (χ2v) is 4.40. The van der Waals surface area contributed by atoms with Gasteiger partial charge in [0.15, 0.2) is 0 Å². The summed E-state index contributed by atoms with van der Waals surface area (Å²) in [6.07, 6.45) is 0.814. The van der Waals surface area contributed by atoms with Crippen LogP contribution < -0.4 is 10.5 Å². The van der Waals surface area contributed by atoms with Crippen LogP contribution in [0.15, 0.2) is 48.5 Å². The van der Waals surface area contributed by atoms with E-state index in [4.69, 9.17) is 10.5 Å². The molecule has 5 nitrogen and oxygen atoms in total. The highest BCUT2D eigenvalue weighted by atomic mass is 16.6. The lowest BCUT2D eigenvalue weighted by Gasteiger charge is -2.07. The average Bonchev–Trinajstić information content (AvgIpc) is 2.46. The standard InChI is InChI=1S/C15H16N2O3/c16-9-8-12-2-1-3-15(10-12)20-11-13-4-6-14(7-5-13)17(18)19/h1-7,10H,8-9,11,16H2. The van der Waals surface area contributed by atoms with Crippen molar-refractivity contribution in [3.05, 3.63) is 69.8 Å². The number of nitro groups is 1. The van der Waals surface area contributed by atoms with Crippen LogP contribution in [0.4, 0.5) is 5.69 Å². The van der Waals surface area contributed by atoms with Crippen LogP contribution >= 0.6 is 0 Å². The molecule has 0 saturated heterocycles. The van der Waals surface area contributed by atoms with Crippen LogP contribution in [0.25, 0.3) is 0 Å². The summed E-state index contributed by atoms with van der Waals surface area (Å²) in [6, 6.07) is 14.1. The molecule has 104 valence electrons. The highest BCUT2D eigenvalue weighted by Crippen LogP contribution is 2.17. The molecule has 2 rings (SSSR count). The summed E-state index contributed by atoms with van der Waals surface area (Å²) in [7, 11) is 0. The van der Waals surface area contributed by atoms with Crippen molar-refractivity contribution in [2.24, 2.45) is 5.73 Å². The molecule has 0 spiro atoms.